The number of carboxylic acids is 1. The fraction of sp³-hybridized carbons (Fsp3) is 0.407. The summed E-state index contributed by atoms with van der Waals surface area (Å²) in [5.41, 5.74) is 1.10. The smallest absolute Gasteiger partial charge is 0.323 e. The van der Waals surface area contributed by atoms with E-state index in [4.69, 9.17) is 4.74 Å². The number of carbonyl (C=O) groups excluding carboxylic acids is 2. The number of ether oxygens (including phenoxy) is 1. The summed E-state index contributed by atoms with van der Waals surface area (Å²) in [6, 6.07) is 10.6. The number of carbonyl (C=O) groups is 3. The molecule has 1 heterocycles. The highest BCUT2D eigenvalue weighted by atomic mass is 32.2. The van der Waals surface area contributed by atoms with E-state index in [-0.39, 0.29) is 22.8 Å². The predicted molar refractivity (Wildman–Crippen MR) is 149 cm³/mol. The molecule has 2 aromatic rings. The minimum atomic E-state index is -4.17. The number of unbranched alkanes of at least 4 members (excludes halogenated alkanes) is 1. The van der Waals surface area contributed by atoms with Crippen LogP contribution in [0.15, 0.2) is 58.4 Å². The molecule has 5 N–H and O–H groups in total. The molecule has 0 aromatic heterocycles. The van der Waals surface area contributed by atoms with Gasteiger partial charge in [-0.3, -0.25) is 24.7 Å². The van der Waals surface area contributed by atoms with Crippen LogP contribution in [0.5, 0.6) is 5.75 Å². The van der Waals surface area contributed by atoms with Crippen molar-refractivity contribution in [2.45, 2.75) is 50.0 Å². The highest BCUT2D eigenvalue weighted by Gasteiger charge is 2.26. The van der Waals surface area contributed by atoms with E-state index in [1.165, 1.54) is 24.3 Å². The van der Waals surface area contributed by atoms with Crippen LogP contribution in [0.3, 0.4) is 0 Å². The van der Waals surface area contributed by atoms with E-state index in [2.05, 4.69) is 25.7 Å². The Morgan fingerprint density at radius 3 is 2.45 bits per heavy atom. The number of rotatable bonds is 14. The molecule has 0 aliphatic carbocycles. The van der Waals surface area contributed by atoms with Crippen molar-refractivity contribution in [1.29, 1.82) is 0 Å². The number of guanidine groups is 1. The molecular formula is C27H35N5O7S. The molecular weight excluding hydrogens is 538 g/mol. The third kappa shape index (κ3) is 9.65. The lowest BCUT2D eigenvalue weighted by molar-refractivity contribution is -0.138. The summed E-state index contributed by atoms with van der Waals surface area (Å²) in [5.74, 6) is -1.18. The summed E-state index contributed by atoms with van der Waals surface area (Å²) >= 11 is 0. The molecule has 12 nitrogen and oxygen atoms in total. The Labute approximate surface area is 233 Å². The first-order chi connectivity index (χ1) is 19.2. The van der Waals surface area contributed by atoms with Crippen LogP contribution in [0.1, 0.15) is 48.5 Å². The molecule has 1 aliphatic heterocycles. The summed E-state index contributed by atoms with van der Waals surface area (Å²) in [4.78, 5) is 40.5. The minimum absolute atomic E-state index is 0.125. The first kappa shape index (κ1) is 30.6. The Hall–Kier alpha value is -3.97. The van der Waals surface area contributed by atoms with Gasteiger partial charge in [-0.15, -0.1) is 0 Å². The van der Waals surface area contributed by atoms with Crippen molar-refractivity contribution in [3.05, 3.63) is 59.7 Å². The van der Waals surface area contributed by atoms with Crippen LogP contribution in [0.25, 0.3) is 0 Å². The van der Waals surface area contributed by atoms with Crippen LogP contribution in [0.2, 0.25) is 0 Å². The van der Waals surface area contributed by atoms with Gasteiger partial charge in [0.25, 0.3) is 5.91 Å². The number of amides is 2. The molecule has 3 rings (SSSR count). The van der Waals surface area contributed by atoms with Gasteiger partial charge in [-0.05, 0) is 61.2 Å². The maximum absolute atomic E-state index is 12.7. The number of aryl methyl sites for hydroxylation is 1. The molecule has 2 amide bonds. The van der Waals surface area contributed by atoms with Crippen LogP contribution < -0.4 is 25.4 Å². The fourth-order valence-electron chi connectivity index (χ4n) is 3.67. The van der Waals surface area contributed by atoms with Crippen molar-refractivity contribution >= 4 is 33.8 Å². The van der Waals surface area contributed by atoms with Gasteiger partial charge in [-0.25, -0.2) is 8.42 Å². The Morgan fingerprint density at radius 2 is 1.82 bits per heavy atom. The van der Waals surface area contributed by atoms with Crippen molar-refractivity contribution in [2.24, 2.45) is 4.99 Å². The van der Waals surface area contributed by atoms with Crippen LogP contribution in [0, 0.1) is 0 Å². The Bertz CT molecular complexity index is 1300. The zero-order valence-electron chi connectivity index (χ0n) is 22.3. The van der Waals surface area contributed by atoms with Crippen molar-refractivity contribution in [3.8, 4) is 5.75 Å². The van der Waals surface area contributed by atoms with Crippen molar-refractivity contribution in [2.75, 3.05) is 26.2 Å². The molecule has 2 aromatic carbocycles. The van der Waals surface area contributed by atoms with Crippen molar-refractivity contribution in [1.82, 2.24) is 20.7 Å². The number of sulfonamides is 1. The third-order valence-electron chi connectivity index (χ3n) is 5.97. The fourth-order valence-corrected chi connectivity index (χ4v) is 4.86. The second-order valence-corrected chi connectivity index (χ2v) is 10.9. The number of aliphatic imine (C=N–C) groups is 1. The molecule has 40 heavy (non-hydrogen) atoms. The normalized spacial score (nSPS) is 13.9. The van der Waals surface area contributed by atoms with Crippen LogP contribution >= 0.6 is 0 Å². The lowest BCUT2D eigenvalue weighted by Crippen LogP contribution is -2.48. The molecule has 1 aliphatic rings. The number of benzene rings is 2. The van der Waals surface area contributed by atoms with E-state index in [1.807, 2.05) is 6.92 Å². The second-order valence-electron chi connectivity index (χ2n) is 9.15. The summed E-state index contributed by atoms with van der Waals surface area (Å²) in [5, 5.41) is 17.7. The molecule has 13 heteroatoms. The number of hydrogen-bond donors (Lipinski definition) is 5. The molecule has 0 spiro atoms. The number of carboxylic acid groups (broad SMARTS) is 1. The van der Waals surface area contributed by atoms with Crippen LogP contribution in [-0.4, -0.2) is 69.6 Å². The lowest BCUT2D eigenvalue weighted by atomic mass is 10.1. The van der Waals surface area contributed by atoms with Gasteiger partial charge < -0.3 is 20.5 Å². The number of nitrogens with one attached hydrogen (secondary N) is 4. The van der Waals surface area contributed by atoms with Gasteiger partial charge in [0.05, 0.1) is 11.5 Å². The maximum Gasteiger partial charge on any atom is 0.323 e. The Balaban J connectivity index is 1.49. The standard InChI is InChI=1S/C27H35N5O7S/c1-2-3-17-39-21-10-12-22(13-11-21)40(37,38)32-23(26(35)36)18-30-25(34)20-8-5-19(6-9-20)7-14-24(33)31-27-28-15-4-16-29-27/h5-6,8-13,23,32H,2-4,7,14-18H2,1H3,(H,30,34)(H,35,36)(H2,28,29,31,33). The van der Waals surface area contributed by atoms with Gasteiger partial charge in [0.1, 0.15) is 11.8 Å². The van der Waals surface area contributed by atoms with Gasteiger partial charge in [0.2, 0.25) is 15.9 Å². The average molecular weight is 574 g/mol. The first-order valence-corrected chi connectivity index (χ1v) is 14.6. The van der Waals surface area contributed by atoms with E-state index in [0.29, 0.717) is 31.3 Å². The number of nitrogens with zero attached hydrogens (tertiary/aromatic N) is 1. The molecule has 1 unspecified atom stereocenters. The summed E-state index contributed by atoms with van der Waals surface area (Å²) in [7, 11) is -4.17. The Kier molecular flexibility index (Phi) is 11.5. The van der Waals surface area contributed by atoms with Gasteiger partial charge in [-0.1, -0.05) is 25.5 Å². The summed E-state index contributed by atoms with van der Waals surface area (Å²) in [6.45, 7) is 3.51. The van der Waals surface area contributed by atoms with E-state index in [1.54, 1.807) is 24.3 Å². The molecule has 0 saturated carbocycles. The first-order valence-electron chi connectivity index (χ1n) is 13.1. The van der Waals surface area contributed by atoms with Gasteiger partial charge in [0, 0.05) is 31.6 Å². The molecule has 1 atom stereocenters. The average Bonchev–Trinajstić information content (AvgIpc) is 2.95. The lowest BCUT2D eigenvalue weighted by Gasteiger charge is -2.16. The zero-order valence-corrected chi connectivity index (χ0v) is 23.1. The largest absolute Gasteiger partial charge is 0.494 e. The summed E-state index contributed by atoms with van der Waals surface area (Å²) < 4.78 is 33.1. The van der Waals surface area contributed by atoms with E-state index in [0.717, 1.165) is 31.4 Å². The minimum Gasteiger partial charge on any atom is -0.494 e. The van der Waals surface area contributed by atoms with Gasteiger partial charge >= 0.3 is 5.97 Å². The highest BCUT2D eigenvalue weighted by molar-refractivity contribution is 7.89. The van der Waals surface area contributed by atoms with Gasteiger partial charge in [0.15, 0.2) is 5.96 Å². The van der Waals surface area contributed by atoms with Gasteiger partial charge in [-0.2, -0.15) is 4.72 Å². The topological polar surface area (TPSA) is 175 Å². The van der Waals surface area contributed by atoms with E-state index in [9.17, 15) is 27.9 Å². The maximum atomic E-state index is 12.7. The Morgan fingerprint density at radius 1 is 1.10 bits per heavy atom. The molecule has 216 valence electrons. The van der Waals surface area contributed by atoms with E-state index >= 15 is 0 Å². The SMILES string of the molecule is CCCCOc1ccc(S(=O)(=O)NC(CNC(=O)c2ccc(CCC(=O)NC3=NCCCN3)cc2)C(=O)O)cc1. The summed E-state index contributed by atoms with van der Waals surface area (Å²) in [6.07, 6.45) is 3.45. The van der Waals surface area contributed by atoms with Crippen LogP contribution in [-0.2, 0) is 26.0 Å². The molecule has 0 saturated heterocycles. The quantitative estimate of drug-likeness (QED) is 0.211. The molecule has 0 radical (unpaired) electrons. The van der Waals surface area contributed by atoms with Crippen molar-refractivity contribution < 1.29 is 32.6 Å². The van der Waals surface area contributed by atoms with Crippen molar-refractivity contribution in [3.63, 3.8) is 0 Å². The monoisotopic (exact) mass is 573 g/mol. The second kappa shape index (κ2) is 15.0. The van der Waals surface area contributed by atoms with Crippen LogP contribution in [0.4, 0.5) is 0 Å². The molecule has 0 bridgehead atoms. The number of hydrogen-bond acceptors (Lipinski definition) is 8. The predicted octanol–water partition coefficient (Wildman–Crippen LogP) is 1.43. The van der Waals surface area contributed by atoms with E-state index < -0.39 is 34.5 Å². The number of aliphatic carboxylic acids is 1. The molecule has 0 fully saturated rings. The highest BCUT2D eigenvalue weighted by Crippen LogP contribution is 2.17. The third-order valence-corrected chi connectivity index (χ3v) is 7.46. The zero-order chi connectivity index (χ0) is 29.0.